The average Bonchev–Trinajstić information content (AvgIpc) is 2.19. The first-order chi connectivity index (χ1) is 7.18. The number of hydrogen-bond acceptors (Lipinski definition) is 5. The summed E-state index contributed by atoms with van der Waals surface area (Å²) in [4.78, 5) is 18.4. The lowest BCUT2D eigenvalue weighted by atomic mass is 10.2. The van der Waals surface area contributed by atoms with E-state index in [1.54, 1.807) is 18.2 Å². The zero-order valence-electron chi connectivity index (χ0n) is 7.97. The minimum Gasteiger partial charge on any atom is -0.493 e. The Morgan fingerprint density at radius 1 is 1.40 bits per heavy atom. The van der Waals surface area contributed by atoms with Gasteiger partial charge < -0.3 is 9.84 Å². The van der Waals surface area contributed by atoms with Crippen LogP contribution in [0.4, 0.5) is 0 Å². The Bertz CT molecular complexity index is 525. The van der Waals surface area contributed by atoms with Crippen molar-refractivity contribution in [2.24, 2.45) is 0 Å². The molecular weight excluding hydrogens is 196 g/mol. The van der Waals surface area contributed by atoms with E-state index >= 15 is 0 Å². The lowest BCUT2D eigenvalue weighted by molar-refractivity contribution is -0.131. The Balaban J connectivity index is 2.65. The predicted molar refractivity (Wildman–Crippen MR) is 52.5 cm³/mol. The summed E-state index contributed by atoms with van der Waals surface area (Å²) >= 11 is 0. The third-order valence-corrected chi connectivity index (χ3v) is 1.86. The Morgan fingerprint density at radius 2 is 2.20 bits per heavy atom. The Labute approximate surface area is 85.4 Å². The number of rotatable bonds is 1. The van der Waals surface area contributed by atoms with Crippen molar-refractivity contribution in [2.45, 2.75) is 6.92 Å². The second-order valence-electron chi connectivity index (χ2n) is 2.94. The van der Waals surface area contributed by atoms with Crippen LogP contribution in [0.3, 0.4) is 0 Å². The van der Waals surface area contributed by atoms with Crippen LogP contribution in [0.1, 0.15) is 6.92 Å². The van der Waals surface area contributed by atoms with E-state index in [0.717, 1.165) is 0 Å². The van der Waals surface area contributed by atoms with E-state index in [2.05, 4.69) is 9.97 Å². The van der Waals surface area contributed by atoms with Crippen molar-refractivity contribution in [3.63, 3.8) is 0 Å². The van der Waals surface area contributed by atoms with E-state index < -0.39 is 5.97 Å². The molecule has 0 aliphatic rings. The first-order valence-corrected chi connectivity index (χ1v) is 4.29. The highest BCUT2D eigenvalue weighted by molar-refractivity contribution is 5.89. The molecule has 0 unspecified atom stereocenters. The number of ether oxygens (including phenoxy) is 1. The van der Waals surface area contributed by atoms with Crippen molar-refractivity contribution >= 4 is 16.9 Å². The summed E-state index contributed by atoms with van der Waals surface area (Å²) in [6.45, 7) is 1.31. The fourth-order valence-electron chi connectivity index (χ4n) is 1.28. The zero-order valence-corrected chi connectivity index (χ0v) is 7.97. The van der Waals surface area contributed by atoms with Crippen LogP contribution in [0.15, 0.2) is 24.5 Å². The fourth-order valence-corrected chi connectivity index (χ4v) is 1.28. The summed E-state index contributed by atoms with van der Waals surface area (Å²) in [6, 6.07) is 4.91. The van der Waals surface area contributed by atoms with Gasteiger partial charge in [-0.3, -0.25) is 4.79 Å². The molecule has 1 aromatic carbocycles. The number of aromatic hydroxyl groups is 1. The molecule has 2 rings (SSSR count). The van der Waals surface area contributed by atoms with Crippen LogP contribution in [0.2, 0.25) is 0 Å². The third kappa shape index (κ3) is 1.71. The lowest BCUT2D eigenvalue weighted by Gasteiger charge is -2.04. The summed E-state index contributed by atoms with van der Waals surface area (Å²) in [5.41, 5.74) is 0.417. The maximum Gasteiger partial charge on any atom is 0.308 e. The zero-order chi connectivity index (χ0) is 10.8. The molecule has 0 radical (unpaired) electrons. The topological polar surface area (TPSA) is 72.3 Å². The number of aromatic nitrogens is 2. The number of para-hydroxylation sites is 1. The first kappa shape index (κ1) is 9.39. The van der Waals surface area contributed by atoms with Crippen molar-refractivity contribution in [1.82, 2.24) is 9.97 Å². The molecule has 0 fully saturated rings. The maximum absolute atomic E-state index is 10.8. The van der Waals surface area contributed by atoms with Gasteiger partial charge in [-0.1, -0.05) is 6.07 Å². The Hall–Kier alpha value is -2.17. The number of benzene rings is 1. The molecule has 0 saturated carbocycles. The third-order valence-electron chi connectivity index (χ3n) is 1.86. The number of esters is 1. The summed E-state index contributed by atoms with van der Waals surface area (Å²) in [5, 5.41) is 9.89. The minimum atomic E-state index is -0.430. The molecule has 0 aliphatic carbocycles. The number of hydrogen-bond donors (Lipinski definition) is 1. The van der Waals surface area contributed by atoms with Crippen LogP contribution in [-0.4, -0.2) is 21.0 Å². The van der Waals surface area contributed by atoms with Crippen molar-refractivity contribution in [3.05, 3.63) is 24.5 Å². The summed E-state index contributed by atoms with van der Waals surface area (Å²) in [7, 11) is 0. The van der Waals surface area contributed by atoms with Gasteiger partial charge in [0.25, 0.3) is 0 Å². The van der Waals surface area contributed by atoms with Crippen molar-refractivity contribution < 1.29 is 14.6 Å². The van der Waals surface area contributed by atoms with E-state index in [1.165, 1.54) is 13.3 Å². The molecule has 0 spiro atoms. The number of fused-ring (bicyclic) bond motifs is 1. The smallest absolute Gasteiger partial charge is 0.308 e. The van der Waals surface area contributed by atoms with Crippen LogP contribution >= 0.6 is 0 Å². The fraction of sp³-hybridized carbons (Fsp3) is 0.100. The van der Waals surface area contributed by atoms with Gasteiger partial charge in [0.05, 0.1) is 5.39 Å². The van der Waals surface area contributed by atoms with E-state index in [4.69, 9.17) is 4.74 Å². The Morgan fingerprint density at radius 3 is 2.93 bits per heavy atom. The predicted octanol–water partition coefficient (Wildman–Crippen LogP) is 1.26. The van der Waals surface area contributed by atoms with Crippen molar-refractivity contribution in [2.75, 3.05) is 0 Å². The molecule has 1 N–H and O–H groups in total. The largest absolute Gasteiger partial charge is 0.493 e. The van der Waals surface area contributed by atoms with Crippen LogP contribution in [0.5, 0.6) is 11.6 Å². The average molecular weight is 204 g/mol. The van der Waals surface area contributed by atoms with Gasteiger partial charge in [0.15, 0.2) is 5.75 Å². The number of carbonyl (C=O) groups excluding carboxylic acids is 1. The molecule has 1 heterocycles. The molecule has 1 aromatic heterocycles. The Kier molecular flexibility index (Phi) is 2.21. The lowest BCUT2D eigenvalue weighted by Crippen LogP contribution is -2.02. The number of carbonyl (C=O) groups is 1. The monoisotopic (exact) mass is 204 g/mol. The van der Waals surface area contributed by atoms with Crippen LogP contribution in [0, 0.1) is 0 Å². The van der Waals surface area contributed by atoms with Crippen LogP contribution in [0.25, 0.3) is 10.9 Å². The highest BCUT2D eigenvalue weighted by Gasteiger charge is 2.08. The van der Waals surface area contributed by atoms with Gasteiger partial charge in [0, 0.05) is 6.92 Å². The van der Waals surface area contributed by atoms with Gasteiger partial charge in [-0.15, -0.1) is 0 Å². The highest BCUT2D eigenvalue weighted by atomic mass is 16.5. The maximum atomic E-state index is 10.8. The quantitative estimate of drug-likeness (QED) is 0.559. The second-order valence-corrected chi connectivity index (χ2v) is 2.94. The van der Waals surface area contributed by atoms with E-state index in [9.17, 15) is 9.90 Å². The number of nitrogens with zero attached hydrogens (tertiary/aromatic N) is 2. The molecule has 5 nitrogen and oxygen atoms in total. The SMILES string of the molecule is CC(=O)Oc1cccc2c(O)ncnc12. The standard InChI is InChI=1S/C10H8N2O3/c1-6(13)15-8-4-2-3-7-9(8)11-5-12-10(7)14/h2-5H,1H3,(H,11,12,14). The minimum absolute atomic E-state index is 0.131. The van der Waals surface area contributed by atoms with Gasteiger partial charge >= 0.3 is 5.97 Å². The van der Waals surface area contributed by atoms with Gasteiger partial charge in [0.2, 0.25) is 5.88 Å². The summed E-state index contributed by atoms with van der Waals surface area (Å²) in [5.74, 6) is -0.243. The van der Waals surface area contributed by atoms with Gasteiger partial charge in [-0.2, -0.15) is 0 Å². The highest BCUT2D eigenvalue weighted by Crippen LogP contribution is 2.27. The second kappa shape index (κ2) is 3.53. The molecule has 0 bridgehead atoms. The van der Waals surface area contributed by atoms with Crippen molar-refractivity contribution in [3.8, 4) is 11.6 Å². The van der Waals surface area contributed by atoms with Gasteiger partial charge in [-0.05, 0) is 12.1 Å². The summed E-state index contributed by atoms with van der Waals surface area (Å²) in [6.07, 6.45) is 1.21. The van der Waals surface area contributed by atoms with E-state index in [-0.39, 0.29) is 5.88 Å². The first-order valence-electron chi connectivity index (χ1n) is 4.29. The van der Waals surface area contributed by atoms with E-state index in [1.807, 2.05) is 0 Å². The van der Waals surface area contributed by atoms with Crippen molar-refractivity contribution in [1.29, 1.82) is 0 Å². The van der Waals surface area contributed by atoms with Gasteiger partial charge in [-0.25, -0.2) is 9.97 Å². The van der Waals surface area contributed by atoms with Crippen LogP contribution in [-0.2, 0) is 4.79 Å². The normalized spacial score (nSPS) is 10.2. The molecular formula is C10H8N2O3. The molecule has 0 aliphatic heterocycles. The molecule has 0 atom stereocenters. The van der Waals surface area contributed by atoms with E-state index in [0.29, 0.717) is 16.7 Å². The molecule has 76 valence electrons. The molecule has 5 heteroatoms. The van der Waals surface area contributed by atoms with Crippen LogP contribution < -0.4 is 4.74 Å². The molecule has 0 saturated heterocycles. The summed E-state index contributed by atoms with van der Waals surface area (Å²) < 4.78 is 4.94. The molecule has 15 heavy (non-hydrogen) atoms. The molecule has 0 amide bonds. The molecule has 2 aromatic rings. The van der Waals surface area contributed by atoms with Gasteiger partial charge in [0.1, 0.15) is 11.8 Å².